The Labute approximate surface area is 147 Å². The van der Waals surface area contributed by atoms with Gasteiger partial charge in [-0.05, 0) is 50.6 Å². The second-order valence-corrected chi connectivity index (χ2v) is 6.44. The standard InChI is InChI=1S/C21H23NO3/c1-14(2)24-13-16-8-10-17(11-9-16)21(23)22-15(3)20-12-18-6-4-5-7-19(18)25-20/h4-12,14-15H,13H2,1-3H3,(H,22,23)/t15-/m0/s1. The van der Waals surface area contributed by atoms with E-state index in [1.165, 1.54) is 0 Å². The number of amides is 1. The fourth-order valence-electron chi connectivity index (χ4n) is 2.58. The third-order valence-corrected chi connectivity index (χ3v) is 4.02. The Morgan fingerprint density at radius 2 is 1.80 bits per heavy atom. The van der Waals surface area contributed by atoms with Crippen LogP contribution in [0.3, 0.4) is 0 Å². The van der Waals surface area contributed by atoms with E-state index in [1.807, 2.05) is 75.4 Å². The molecule has 1 N–H and O–H groups in total. The molecule has 1 aromatic heterocycles. The molecule has 3 rings (SSSR count). The molecule has 25 heavy (non-hydrogen) atoms. The minimum absolute atomic E-state index is 0.121. The summed E-state index contributed by atoms with van der Waals surface area (Å²) in [5.41, 5.74) is 2.50. The average molecular weight is 337 g/mol. The van der Waals surface area contributed by atoms with Crippen molar-refractivity contribution in [2.24, 2.45) is 0 Å². The fraction of sp³-hybridized carbons (Fsp3) is 0.286. The van der Waals surface area contributed by atoms with Crippen molar-refractivity contribution in [2.45, 2.75) is 39.5 Å². The Morgan fingerprint density at radius 1 is 1.08 bits per heavy atom. The van der Waals surface area contributed by atoms with Gasteiger partial charge in [-0.15, -0.1) is 0 Å². The number of hydrogen-bond donors (Lipinski definition) is 1. The molecule has 0 radical (unpaired) electrons. The van der Waals surface area contributed by atoms with E-state index in [-0.39, 0.29) is 18.1 Å². The van der Waals surface area contributed by atoms with Crippen molar-refractivity contribution in [2.75, 3.05) is 0 Å². The van der Waals surface area contributed by atoms with Crippen LogP contribution in [0.15, 0.2) is 59.0 Å². The van der Waals surface area contributed by atoms with Crippen LogP contribution >= 0.6 is 0 Å². The lowest BCUT2D eigenvalue weighted by Crippen LogP contribution is -2.26. The lowest BCUT2D eigenvalue weighted by atomic mass is 10.1. The Hall–Kier alpha value is -2.59. The summed E-state index contributed by atoms with van der Waals surface area (Å²) >= 11 is 0. The van der Waals surface area contributed by atoms with Crippen molar-refractivity contribution < 1.29 is 13.9 Å². The molecule has 0 fully saturated rings. The average Bonchev–Trinajstić information content (AvgIpc) is 3.04. The molecule has 0 aliphatic heterocycles. The van der Waals surface area contributed by atoms with E-state index in [2.05, 4.69) is 5.32 Å². The summed E-state index contributed by atoms with van der Waals surface area (Å²) in [4.78, 5) is 12.4. The quantitative estimate of drug-likeness (QED) is 0.699. The second-order valence-electron chi connectivity index (χ2n) is 6.44. The fourth-order valence-corrected chi connectivity index (χ4v) is 2.58. The largest absolute Gasteiger partial charge is 0.459 e. The molecule has 0 aliphatic carbocycles. The third-order valence-electron chi connectivity index (χ3n) is 4.02. The van der Waals surface area contributed by atoms with Crippen molar-refractivity contribution in [3.8, 4) is 0 Å². The number of benzene rings is 2. The van der Waals surface area contributed by atoms with E-state index in [0.717, 1.165) is 22.3 Å². The molecule has 0 aliphatic rings. The molecule has 4 nitrogen and oxygen atoms in total. The van der Waals surface area contributed by atoms with E-state index < -0.39 is 0 Å². The molecule has 1 heterocycles. The lowest BCUT2D eigenvalue weighted by molar-refractivity contribution is 0.0656. The van der Waals surface area contributed by atoms with Gasteiger partial charge < -0.3 is 14.5 Å². The molecule has 0 saturated carbocycles. The topological polar surface area (TPSA) is 51.5 Å². The Balaban J connectivity index is 1.64. The summed E-state index contributed by atoms with van der Waals surface area (Å²) in [6, 6.07) is 17.1. The van der Waals surface area contributed by atoms with Gasteiger partial charge >= 0.3 is 0 Å². The van der Waals surface area contributed by atoms with Crippen molar-refractivity contribution in [1.82, 2.24) is 5.32 Å². The summed E-state index contributed by atoms with van der Waals surface area (Å²) in [6.07, 6.45) is 0.188. The van der Waals surface area contributed by atoms with Crippen molar-refractivity contribution in [1.29, 1.82) is 0 Å². The van der Waals surface area contributed by atoms with Gasteiger partial charge in [0.15, 0.2) is 0 Å². The minimum Gasteiger partial charge on any atom is -0.459 e. The van der Waals surface area contributed by atoms with E-state index in [1.54, 1.807) is 0 Å². The predicted molar refractivity (Wildman–Crippen MR) is 98.5 cm³/mol. The Bertz CT molecular complexity index is 816. The SMILES string of the molecule is CC(C)OCc1ccc(C(=O)N[C@@H](C)c2cc3ccccc3o2)cc1. The highest BCUT2D eigenvalue weighted by molar-refractivity contribution is 5.94. The number of ether oxygens (including phenoxy) is 1. The van der Waals surface area contributed by atoms with Crippen LogP contribution in [0.25, 0.3) is 11.0 Å². The number of furan rings is 1. The number of para-hydroxylation sites is 1. The normalized spacial score (nSPS) is 12.5. The smallest absolute Gasteiger partial charge is 0.251 e. The van der Waals surface area contributed by atoms with Gasteiger partial charge in [-0.1, -0.05) is 30.3 Å². The first kappa shape index (κ1) is 17.2. The van der Waals surface area contributed by atoms with Crippen molar-refractivity contribution in [3.63, 3.8) is 0 Å². The number of rotatable bonds is 6. The number of hydrogen-bond acceptors (Lipinski definition) is 3. The number of carbonyl (C=O) groups is 1. The molecule has 1 amide bonds. The molecular formula is C21H23NO3. The Morgan fingerprint density at radius 3 is 2.48 bits per heavy atom. The van der Waals surface area contributed by atoms with Crippen LogP contribution in [0.5, 0.6) is 0 Å². The van der Waals surface area contributed by atoms with E-state index in [0.29, 0.717) is 12.2 Å². The number of fused-ring (bicyclic) bond motifs is 1. The van der Waals surface area contributed by atoms with Gasteiger partial charge in [0, 0.05) is 10.9 Å². The maximum atomic E-state index is 12.4. The van der Waals surface area contributed by atoms with Gasteiger partial charge in [0.1, 0.15) is 11.3 Å². The summed E-state index contributed by atoms with van der Waals surface area (Å²) < 4.78 is 11.4. The molecule has 0 spiro atoms. The van der Waals surface area contributed by atoms with Crippen LogP contribution in [-0.4, -0.2) is 12.0 Å². The summed E-state index contributed by atoms with van der Waals surface area (Å²) in [6.45, 7) is 6.47. The van der Waals surface area contributed by atoms with Gasteiger partial charge in [0.05, 0.1) is 18.8 Å². The minimum atomic E-state index is -0.205. The zero-order valence-electron chi connectivity index (χ0n) is 14.8. The zero-order valence-corrected chi connectivity index (χ0v) is 14.8. The highest BCUT2D eigenvalue weighted by atomic mass is 16.5. The molecule has 130 valence electrons. The first-order valence-corrected chi connectivity index (χ1v) is 8.53. The first-order valence-electron chi connectivity index (χ1n) is 8.53. The van der Waals surface area contributed by atoms with Crippen LogP contribution in [0, 0.1) is 0 Å². The van der Waals surface area contributed by atoms with E-state index in [4.69, 9.17) is 9.15 Å². The molecular weight excluding hydrogens is 314 g/mol. The highest BCUT2D eigenvalue weighted by Crippen LogP contribution is 2.23. The molecule has 3 aromatic rings. The van der Waals surface area contributed by atoms with E-state index >= 15 is 0 Å². The van der Waals surface area contributed by atoms with Crippen LogP contribution in [0.2, 0.25) is 0 Å². The zero-order chi connectivity index (χ0) is 17.8. The molecule has 4 heteroatoms. The third kappa shape index (κ3) is 4.28. The van der Waals surface area contributed by atoms with Gasteiger partial charge in [-0.2, -0.15) is 0 Å². The molecule has 2 aromatic carbocycles. The molecule has 0 unspecified atom stereocenters. The first-order chi connectivity index (χ1) is 12.0. The van der Waals surface area contributed by atoms with Crippen LogP contribution < -0.4 is 5.32 Å². The van der Waals surface area contributed by atoms with Gasteiger partial charge in [-0.25, -0.2) is 0 Å². The van der Waals surface area contributed by atoms with Crippen LogP contribution in [-0.2, 0) is 11.3 Å². The lowest BCUT2D eigenvalue weighted by Gasteiger charge is -2.12. The maximum absolute atomic E-state index is 12.4. The van der Waals surface area contributed by atoms with Crippen LogP contribution in [0.4, 0.5) is 0 Å². The van der Waals surface area contributed by atoms with Crippen molar-refractivity contribution in [3.05, 3.63) is 71.5 Å². The van der Waals surface area contributed by atoms with Gasteiger partial charge in [0.25, 0.3) is 5.91 Å². The van der Waals surface area contributed by atoms with E-state index in [9.17, 15) is 4.79 Å². The van der Waals surface area contributed by atoms with Crippen LogP contribution in [0.1, 0.15) is 48.5 Å². The predicted octanol–water partition coefficient (Wildman–Crippen LogP) is 4.85. The highest BCUT2D eigenvalue weighted by Gasteiger charge is 2.15. The summed E-state index contributed by atoms with van der Waals surface area (Å²) in [5, 5.41) is 4.01. The summed E-state index contributed by atoms with van der Waals surface area (Å²) in [5.74, 6) is 0.626. The monoisotopic (exact) mass is 337 g/mol. The van der Waals surface area contributed by atoms with Gasteiger partial charge in [0.2, 0.25) is 0 Å². The number of nitrogens with one attached hydrogen (secondary N) is 1. The van der Waals surface area contributed by atoms with Gasteiger partial charge in [-0.3, -0.25) is 4.79 Å². The second kappa shape index (κ2) is 7.53. The molecule has 0 bridgehead atoms. The summed E-state index contributed by atoms with van der Waals surface area (Å²) in [7, 11) is 0. The Kier molecular flexibility index (Phi) is 5.19. The van der Waals surface area contributed by atoms with Crippen molar-refractivity contribution >= 4 is 16.9 Å². The molecule has 0 saturated heterocycles. The molecule has 1 atom stereocenters. The number of carbonyl (C=O) groups excluding carboxylic acids is 1. The maximum Gasteiger partial charge on any atom is 0.251 e.